The van der Waals surface area contributed by atoms with E-state index >= 15 is 0 Å². The molecule has 1 unspecified atom stereocenters. The van der Waals surface area contributed by atoms with E-state index in [1.165, 1.54) is 11.4 Å². The maximum absolute atomic E-state index is 6.09. The molecule has 3 rings (SSSR count). The Bertz CT molecular complexity index is 454. The molecule has 0 bridgehead atoms. The van der Waals surface area contributed by atoms with Crippen molar-refractivity contribution in [2.24, 2.45) is 0 Å². The van der Waals surface area contributed by atoms with Gasteiger partial charge in [0.1, 0.15) is 0 Å². The Morgan fingerprint density at radius 2 is 2.27 bits per heavy atom. The Balaban J connectivity index is 1.34. The Morgan fingerprint density at radius 1 is 1.41 bits per heavy atom. The lowest BCUT2D eigenvalue weighted by atomic mass is 9.84. The van der Waals surface area contributed by atoms with Crippen molar-refractivity contribution in [3.63, 3.8) is 0 Å². The van der Waals surface area contributed by atoms with Gasteiger partial charge in [-0.3, -0.25) is 0 Å². The molecule has 0 amide bonds. The van der Waals surface area contributed by atoms with Gasteiger partial charge in [-0.25, -0.2) is 4.98 Å². The first-order valence-electron chi connectivity index (χ1n) is 8.29. The molecule has 0 saturated carbocycles. The molecule has 2 aliphatic rings. The molecule has 22 heavy (non-hydrogen) atoms. The van der Waals surface area contributed by atoms with Crippen molar-refractivity contribution in [3.8, 4) is 0 Å². The van der Waals surface area contributed by atoms with Crippen molar-refractivity contribution in [1.82, 2.24) is 15.3 Å². The molecule has 0 radical (unpaired) electrons. The van der Waals surface area contributed by atoms with Crippen molar-refractivity contribution in [2.75, 3.05) is 32.1 Å². The minimum absolute atomic E-state index is 0.0907. The highest BCUT2D eigenvalue weighted by atomic mass is 32.2. The fourth-order valence-electron chi connectivity index (χ4n) is 3.33. The van der Waals surface area contributed by atoms with E-state index in [9.17, 15) is 0 Å². The molecule has 0 aromatic carbocycles. The predicted octanol–water partition coefficient (Wildman–Crippen LogP) is 2.27. The topological polar surface area (TPSA) is 59.2 Å². The number of rotatable bonds is 6. The summed E-state index contributed by atoms with van der Waals surface area (Å²) in [6.07, 6.45) is 6.15. The van der Waals surface area contributed by atoms with Gasteiger partial charge in [-0.1, -0.05) is 0 Å². The van der Waals surface area contributed by atoms with E-state index in [1.807, 2.05) is 11.8 Å². The summed E-state index contributed by atoms with van der Waals surface area (Å²) in [5.74, 6) is 2.12. The molecule has 5 nitrogen and oxygen atoms in total. The highest BCUT2D eigenvalue weighted by molar-refractivity contribution is 7.98. The van der Waals surface area contributed by atoms with Crippen LogP contribution in [0.4, 0.5) is 0 Å². The third-order valence-corrected chi connectivity index (χ3v) is 5.72. The van der Waals surface area contributed by atoms with Gasteiger partial charge in [-0.2, -0.15) is 11.8 Å². The summed E-state index contributed by atoms with van der Waals surface area (Å²) in [7, 11) is 0. The molecule has 1 spiro atoms. The van der Waals surface area contributed by atoms with E-state index in [0.717, 1.165) is 63.6 Å². The number of nitrogens with one attached hydrogen (secondary N) is 2. The highest BCUT2D eigenvalue weighted by Gasteiger charge is 2.38. The van der Waals surface area contributed by atoms with Gasteiger partial charge >= 0.3 is 0 Å². The normalized spacial score (nSPS) is 24.7. The number of imidazole rings is 1. The third kappa shape index (κ3) is 4.25. The van der Waals surface area contributed by atoms with E-state index in [-0.39, 0.29) is 5.60 Å². The highest BCUT2D eigenvalue weighted by Crippen LogP contribution is 2.34. The van der Waals surface area contributed by atoms with Gasteiger partial charge in [0.05, 0.1) is 17.6 Å². The van der Waals surface area contributed by atoms with Gasteiger partial charge in [0.15, 0.2) is 0 Å². The van der Waals surface area contributed by atoms with Gasteiger partial charge in [0, 0.05) is 49.6 Å². The smallest absolute Gasteiger partial charge is 0.0925 e. The molecule has 124 valence electrons. The lowest BCUT2D eigenvalue weighted by Crippen LogP contribution is -2.50. The minimum atomic E-state index is 0.0907. The molecule has 2 N–H and O–H groups in total. The van der Waals surface area contributed by atoms with Gasteiger partial charge < -0.3 is 19.8 Å². The average Bonchev–Trinajstić information content (AvgIpc) is 2.93. The van der Waals surface area contributed by atoms with E-state index in [2.05, 4.69) is 22.2 Å². The Kier molecular flexibility index (Phi) is 5.79. The van der Waals surface area contributed by atoms with E-state index in [4.69, 9.17) is 9.47 Å². The number of aryl methyl sites for hydroxylation is 1. The van der Waals surface area contributed by atoms with Gasteiger partial charge in [0.25, 0.3) is 0 Å². The van der Waals surface area contributed by atoms with Crippen molar-refractivity contribution in [3.05, 3.63) is 17.7 Å². The Labute approximate surface area is 136 Å². The summed E-state index contributed by atoms with van der Waals surface area (Å²) in [6.45, 7) is 5.73. The first-order valence-corrected chi connectivity index (χ1v) is 9.45. The molecule has 2 aliphatic heterocycles. The lowest BCUT2D eigenvalue weighted by Gasteiger charge is -2.43. The number of aromatic nitrogens is 2. The number of thioether (sulfide) groups is 1. The molecule has 6 heteroatoms. The second kappa shape index (κ2) is 7.81. The number of ether oxygens (including phenoxy) is 2. The van der Waals surface area contributed by atoms with Crippen molar-refractivity contribution in [1.29, 1.82) is 0 Å². The largest absolute Gasteiger partial charge is 0.381 e. The first-order chi connectivity index (χ1) is 10.8. The van der Waals surface area contributed by atoms with Crippen LogP contribution in [0.2, 0.25) is 0 Å². The fourth-order valence-corrected chi connectivity index (χ4v) is 4.22. The summed E-state index contributed by atoms with van der Waals surface area (Å²) in [5, 5.41) is 3.72. The third-order valence-electron chi connectivity index (χ3n) is 4.75. The van der Waals surface area contributed by atoms with Crippen LogP contribution in [-0.2, 0) is 15.2 Å². The number of hydrogen-bond acceptors (Lipinski definition) is 5. The quantitative estimate of drug-likeness (QED) is 0.786. The van der Waals surface area contributed by atoms with Gasteiger partial charge in [0.2, 0.25) is 0 Å². The lowest BCUT2D eigenvalue weighted by molar-refractivity contribution is -0.140. The maximum Gasteiger partial charge on any atom is 0.0925 e. The molecule has 1 aromatic heterocycles. The molecular formula is C16H27N3O2S. The molecule has 0 aliphatic carbocycles. The summed E-state index contributed by atoms with van der Waals surface area (Å²) < 4.78 is 11.6. The number of hydrogen-bond donors (Lipinski definition) is 2. The van der Waals surface area contributed by atoms with Crippen molar-refractivity contribution in [2.45, 2.75) is 50.0 Å². The van der Waals surface area contributed by atoms with Crippen LogP contribution in [0.3, 0.4) is 0 Å². The zero-order chi connectivity index (χ0) is 15.3. The monoisotopic (exact) mass is 325 g/mol. The number of aromatic amines is 1. The summed E-state index contributed by atoms with van der Waals surface area (Å²) in [5.41, 5.74) is 2.46. The Morgan fingerprint density at radius 3 is 3.05 bits per heavy atom. The molecule has 2 saturated heterocycles. The zero-order valence-corrected chi connectivity index (χ0v) is 14.2. The molecule has 3 heterocycles. The van der Waals surface area contributed by atoms with Crippen molar-refractivity contribution >= 4 is 11.8 Å². The summed E-state index contributed by atoms with van der Waals surface area (Å²) in [4.78, 5) is 7.47. The van der Waals surface area contributed by atoms with Crippen LogP contribution < -0.4 is 5.32 Å². The SMILES string of the molecule is Cc1[nH]cnc1CSCCNC1CCOC2(CCOCC2)C1. The van der Waals surface area contributed by atoms with Crippen LogP contribution in [-0.4, -0.2) is 53.7 Å². The summed E-state index contributed by atoms with van der Waals surface area (Å²) >= 11 is 1.94. The first kappa shape index (κ1) is 16.3. The van der Waals surface area contributed by atoms with Crippen LogP contribution in [0.15, 0.2) is 6.33 Å². The van der Waals surface area contributed by atoms with Crippen LogP contribution >= 0.6 is 11.8 Å². The second-order valence-corrected chi connectivity index (χ2v) is 7.42. The van der Waals surface area contributed by atoms with Crippen LogP contribution in [0.5, 0.6) is 0 Å². The number of H-pyrrole nitrogens is 1. The van der Waals surface area contributed by atoms with Crippen LogP contribution in [0, 0.1) is 6.92 Å². The fraction of sp³-hybridized carbons (Fsp3) is 0.812. The van der Waals surface area contributed by atoms with Crippen LogP contribution in [0.25, 0.3) is 0 Å². The van der Waals surface area contributed by atoms with Crippen LogP contribution in [0.1, 0.15) is 37.1 Å². The zero-order valence-electron chi connectivity index (χ0n) is 13.4. The summed E-state index contributed by atoms with van der Waals surface area (Å²) in [6, 6.07) is 0.597. The van der Waals surface area contributed by atoms with E-state index in [1.54, 1.807) is 6.33 Å². The number of nitrogens with zero attached hydrogens (tertiary/aromatic N) is 1. The average molecular weight is 325 g/mol. The van der Waals surface area contributed by atoms with Gasteiger partial charge in [-0.15, -0.1) is 0 Å². The molecule has 2 fully saturated rings. The van der Waals surface area contributed by atoms with Gasteiger partial charge in [-0.05, 0) is 32.6 Å². The maximum atomic E-state index is 6.09. The second-order valence-electron chi connectivity index (χ2n) is 6.31. The van der Waals surface area contributed by atoms with E-state index in [0.29, 0.717) is 6.04 Å². The predicted molar refractivity (Wildman–Crippen MR) is 89.2 cm³/mol. The molecule has 1 atom stereocenters. The molecular weight excluding hydrogens is 298 g/mol. The molecule has 1 aromatic rings. The standard InChI is InChI=1S/C16H27N3O2S/c1-13-15(19-12-18-13)11-22-9-5-17-14-2-6-21-16(10-14)3-7-20-8-4-16/h12,14,17H,2-11H2,1H3,(H,18,19). The Hall–Kier alpha value is -0.560. The van der Waals surface area contributed by atoms with E-state index < -0.39 is 0 Å². The minimum Gasteiger partial charge on any atom is -0.381 e. The van der Waals surface area contributed by atoms with Crippen molar-refractivity contribution < 1.29 is 9.47 Å².